The van der Waals surface area contributed by atoms with Gasteiger partial charge in [0.15, 0.2) is 0 Å². The van der Waals surface area contributed by atoms with Crippen molar-refractivity contribution in [2.24, 2.45) is 0 Å². The highest BCUT2D eigenvalue weighted by Gasteiger charge is 2.05. The van der Waals surface area contributed by atoms with E-state index in [2.05, 4.69) is 28.4 Å². The predicted molar refractivity (Wildman–Crippen MR) is 59.3 cm³/mol. The van der Waals surface area contributed by atoms with Gasteiger partial charge in [-0.15, -0.1) is 6.58 Å². The normalized spacial score (nSPS) is 9.86. The molecule has 0 saturated heterocycles. The number of aryl methyl sites for hydroxylation is 1. The third-order valence-corrected chi connectivity index (χ3v) is 1.91. The van der Waals surface area contributed by atoms with Crippen molar-refractivity contribution in [3.63, 3.8) is 0 Å². The standard InChI is InChI=1S/C10H16N4/c1-4-6-14(5-2)9-7-8(3)12-10(11)13-9/h4,7H,1,5-6H2,2-3H3,(H2,11,12,13). The Kier molecular flexibility index (Phi) is 3.45. The number of nitrogen functional groups attached to an aromatic ring is 1. The summed E-state index contributed by atoms with van der Waals surface area (Å²) in [5.74, 6) is 1.18. The second-order valence-corrected chi connectivity index (χ2v) is 3.05. The van der Waals surface area contributed by atoms with E-state index in [1.165, 1.54) is 0 Å². The Morgan fingerprint density at radius 2 is 2.29 bits per heavy atom. The number of aromatic nitrogens is 2. The number of hydrogen-bond acceptors (Lipinski definition) is 4. The summed E-state index contributed by atoms with van der Waals surface area (Å²) in [5.41, 5.74) is 6.46. The van der Waals surface area contributed by atoms with Gasteiger partial charge in [-0.3, -0.25) is 0 Å². The molecule has 0 amide bonds. The SMILES string of the molecule is C=CCN(CC)c1cc(C)nc(N)n1. The molecule has 0 fully saturated rings. The summed E-state index contributed by atoms with van der Waals surface area (Å²) >= 11 is 0. The summed E-state index contributed by atoms with van der Waals surface area (Å²) in [7, 11) is 0. The van der Waals surface area contributed by atoms with Crippen molar-refractivity contribution in [1.29, 1.82) is 0 Å². The van der Waals surface area contributed by atoms with E-state index in [1.807, 2.05) is 19.1 Å². The molecule has 0 aliphatic heterocycles. The van der Waals surface area contributed by atoms with Gasteiger partial charge in [-0.25, -0.2) is 4.98 Å². The molecule has 4 nitrogen and oxygen atoms in total. The highest BCUT2D eigenvalue weighted by atomic mass is 15.2. The number of nitrogens with two attached hydrogens (primary N) is 1. The van der Waals surface area contributed by atoms with E-state index in [9.17, 15) is 0 Å². The largest absolute Gasteiger partial charge is 0.368 e. The second kappa shape index (κ2) is 4.60. The Morgan fingerprint density at radius 1 is 1.57 bits per heavy atom. The summed E-state index contributed by atoms with van der Waals surface area (Å²) in [6.07, 6.45) is 1.84. The van der Waals surface area contributed by atoms with Crippen LogP contribution >= 0.6 is 0 Å². The minimum Gasteiger partial charge on any atom is -0.368 e. The molecule has 76 valence electrons. The minimum atomic E-state index is 0.322. The van der Waals surface area contributed by atoms with Gasteiger partial charge in [0.05, 0.1) is 0 Å². The minimum absolute atomic E-state index is 0.322. The van der Waals surface area contributed by atoms with Crippen molar-refractivity contribution >= 4 is 11.8 Å². The number of likely N-dealkylation sites (N-methyl/N-ethyl adjacent to an activating group) is 1. The fourth-order valence-electron chi connectivity index (χ4n) is 1.28. The molecule has 0 spiro atoms. The first-order valence-corrected chi connectivity index (χ1v) is 4.64. The molecule has 2 N–H and O–H groups in total. The first-order chi connectivity index (χ1) is 6.67. The molecule has 0 saturated carbocycles. The van der Waals surface area contributed by atoms with Crippen LogP contribution in [0.4, 0.5) is 11.8 Å². The van der Waals surface area contributed by atoms with Crippen LogP contribution in [0.2, 0.25) is 0 Å². The van der Waals surface area contributed by atoms with Crippen molar-refractivity contribution in [1.82, 2.24) is 9.97 Å². The monoisotopic (exact) mass is 192 g/mol. The van der Waals surface area contributed by atoms with Gasteiger partial charge in [-0.2, -0.15) is 4.98 Å². The van der Waals surface area contributed by atoms with Crippen LogP contribution in [0.3, 0.4) is 0 Å². The second-order valence-electron chi connectivity index (χ2n) is 3.05. The lowest BCUT2D eigenvalue weighted by molar-refractivity contribution is 0.875. The van der Waals surface area contributed by atoms with E-state index in [0.717, 1.165) is 24.6 Å². The molecular weight excluding hydrogens is 176 g/mol. The fourth-order valence-corrected chi connectivity index (χ4v) is 1.28. The van der Waals surface area contributed by atoms with Crippen LogP contribution in [-0.2, 0) is 0 Å². The van der Waals surface area contributed by atoms with Crippen molar-refractivity contribution in [3.05, 3.63) is 24.4 Å². The van der Waals surface area contributed by atoms with E-state index in [4.69, 9.17) is 5.73 Å². The lowest BCUT2D eigenvalue weighted by Gasteiger charge is -2.20. The zero-order valence-electron chi connectivity index (χ0n) is 8.70. The van der Waals surface area contributed by atoms with Crippen molar-refractivity contribution in [2.45, 2.75) is 13.8 Å². The maximum Gasteiger partial charge on any atom is 0.222 e. The first-order valence-electron chi connectivity index (χ1n) is 4.64. The van der Waals surface area contributed by atoms with E-state index in [1.54, 1.807) is 0 Å². The maximum absolute atomic E-state index is 5.57. The summed E-state index contributed by atoms with van der Waals surface area (Å²) in [6, 6.07) is 1.92. The van der Waals surface area contributed by atoms with Gasteiger partial charge < -0.3 is 10.6 Å². The molecule has 1 aromatic heterocycles. The number of anilines is 2. The van der Waals surface area contributed by atoms with Gasteiger partial charge in [-0.05, 0) is 13.8 Å². The van der Waals surface area contributed by atoms with Crippen LogP contribution in [-0.4, -0.2) is 23.1 Å². The van der Waals surface area contributed by atoms with Gasteiger partial charge >= 0.3 is 0 Å². The molecule has 0 atom stereocenters. The Morgan fingerprint density at radius 3 is 2.79 bits per heavy atom. The Hall–Kier alpha value is -1.58. The molecule has 0 radical (unpaired) electrons. The first kappa shape index (κ1) is 10.5. The van der Waals surface area contributed by atoms with Crippen molar-refractivity contribution in [2.75, 3.05) is 23.7 Å². The van der Waals surface area contributed by atoms with E-state index in [-0.39, 0.29) is 0 Å². The third-order valence-electron chi connectivity index (χ3n) is 1.91. The molecule has 0 unspecified atom stereocenters. The molecule has 14 heavy (non-hydrogen) atoms. The number of rotatable bonds is 4. The lowest BCUT2D eigenvalue weighted by atomic mass is 10.4. The van der Waals surface area contributed by atoms with Crippen LogP contribution in [0.15, 0.2) is 18.7 Å². The number of nitrogens with zero attached hydrogens (tertiary/aromatic N) is 3. The van der Waals surface area contributed by atoms with Gasteiger partial charge in [0.2, 0.25) is 5.95 Å². The molecule has 1 aromatic rings. The van der Waals surface area contributed by atoms with Gasteiger partial charge in [-0.1, -0.05) is 6.08 Å². The zero-order valence-corrected chi connectivity index (χ0v) is 8.70. The van der Waals surface area contributed by atoms with Crippen LogP contribution in [0.5, 0.6) is 0 Å². The van der Waals surface area contributed by atoms with E-state index in [0.29, 0.717) is 5.95 Å². The van der Waals surface area contributed by atoms with Crippen LogP contribution in [0.1, 0.15) is 12.6 Å². The van der Waals surface area contributed by atoms with Crippen LogP contribution in [0, 0.1) is 6.92 Å². The molecule has 0 aromatic carbocycles. The third kappa shape index (κ3) is 2.45. The van der Waals surface area contributed by atoms with Crippen LogP contribution in [0.25, 0.3) is 0 Å². The average molecular weight is 192 g/mol. The predicted octanol–water partition coefficient (Wildman–Crippen LogP) is 1.38. The zero-order chi connectivity index (χ0) is 10.6. The summed E-state index contributed by atoms with van der Waals surface area (Å²) in [5, 5.41) is 0. The summed E-state index contributed by atoms with van der Waals surface area (Å²) in [4.78, 5) is 10.3. The average Bonchev–Trinajstić information content (AvgIpc) is 2.12. The van der Waals surface area contributed by atoms with Gasteiger partial charge in [0, 0.05) is 24.8 Å². The highest BCUT2D eigenvalue weighted by molar-refractivity contribution is 5.43. The van der Waals surface area contributed by atoms with E-state index < -0.39 is 0 Å². The number of hydrogen-bond donors (Lipinski definition) is 1. The summed E-state index contributed by atoms with van der Waals surface area (Å²) < 4.78 is 0. The van der Waals surface area contributed by atoms with Gasteiger partial charge in [0.25, 0.3) is 0 Å². The highest BCUT2D eigenvalue weighted by Crippen LogP contribution is 2.12. The molecule has 0 bridgehead atoms. The molecular formula is C10H16N4. The molecule has 1 heterocycles. The Balaban J connectivity index is 2.96. The summed E-state index contributed by atoms with van der Waals surface area (Å²) in [6.45, 7) is 9.32. The maximum atomic E-state index is 5.57. The quantitative estimate of drug-likeness (QED) is 0.732. The van der Waals surface area contributed by atoms with Crippen molar-refractivity contribution < 1.29 is 0 Å². The molecule has 1 rings (SSSR count). The van der Waals surface area contributed by atoms with Crippen molar-refractivity contribution in [3.8, 4) is 0 Å². The Bertz CT molecular complexity index is 302. The topological polar surface area (TPSA) is 55.0 Å². The van der Waals surface area contributed by atoms with E-state index >= 15 is 0 Å². The smallest absolute Gasteiger partial charge is 0.222 e. The lowest BCUT2D eigenvalue weighted by Crippen LogP contribution is -2.24. The molecule has 0 aliphatic rings. The Labute approximate surface area is 84.5 Å². The van der Waals surface area contributed by atoms with Crippen LogP contribution < -0.4 is 10.6 Å². The molecule has 4 heteroatoms. The molecule has 0 aliphatic carbocycles. The van der Waals surface area contributed by atoms with Gasteiger partial charge in [0.1, 0.15) is 5.82 Å². The fraction of sp³-hybridized carbons (Fsp3) is 0.400.